The van der Waals surface area contributed by atoms with E-state index in [1.54, 1.807) is 6.21 Å². The molecule has 134 valence electrons. The molecule has 0 saturated carbocycles. The minimum absolute atomic E-state index is 0.152. The number of H-pyrrole nitrogens is 1. The second kappa shape index (κ2) is 7.37. The number of amides is 1. The molecule has 4 aromatic rings. The van der Waals surface area contributed by atoms with Gasteiger partial charge in [-0.2, -0.15) is 5.10 Å². The molecule has 0 radical (unpaired) electrons. The van der Waals surface area contributed by atoms with Crippen molar-refractivity contribution in [2.24, 2.45) is 5.10 Å². The average Bonchev–Trinajstić information content (AvgIpc) is 3.09. The van der Waals surface area contributed by atoms with Crippen LogP contribution in [0.15, 0.2) is 59.8 Å². The first-order chi connectivity index (χ1) is 13.2. The van der Waals surface area contributed by atoms with Gasteiger partial charge in [-0.05, 0) is 25.1 Å². The zero-order chi connectivity index (χ0) is 18.6. The molecule has 0 unspecified atom stereocenters. The lowest BCUT2D eigenvalue weighted by Gasteiger charge is -2.06. The molecule has 27 heavy (non-hydrogen) atoms. The van der Waals surface area contributed by atoms with E-state index in [4.69, 9.17) is 0 Å². The summed E-state index contributed by atoms with van der Waals surface area (Å²) in [4.78, 5) is 24.4. The van der Waals surface area contributed by atoms with Crippen molar-refractivity contribution in [2.75, 3.05) is 0 Å². The molecule has 0 aliphatic carbocycles. The van der Waals surface area contributed by atoms with Gasteiger partial charge < -0.3 is 4.98 Å². The summed E-state index contributed by atoms with van der Waals surface area (Å²) in [5.41, 5.74) is 7.95. The largest absolute Gasteiger partial charge is 0.361 e. The number of nitrogens with zero attached hydrogens (tertiary/aromatic N) is 3. The first-order valence-electron chi connectivity index (χ1n) is 8.81. The van der Waals surface area contributed by atoms with E-state index in [9.17, 15) is 4.79 Å². The summed E-state index contributed by atoms with van der Waals surface area (Å²) in [6, 6.07) is 15.7. The average molecular weight is 357 g/mol. The smallest absolute Gasteiger partial charge is 0.240 e. The highest BCUT2D eigenvalue weighted by Gasteiger charge is 2.08. The van der Waals surface area contributed by atoms with Gasteiger partial charge in [0, 0.05) is 35.5 Å². The number of carbonyl (C=O) groups is 1. The van der Waals surface area contributed by atoms with Gasteiger partial charge in [0.1, 0.15) is 0 Å². The number of benzene rings is 2. The summed E-state index contributed by atoms with van der Waals surface area (Å²) in [7, 11) is 0. The molecule has 1 amide bonds. The molecule has 0 aliphatic rings. The molecule has 0 fully saturated rings. The third kappa shape index (κ3) is 3.69. The Balaban J connectivity index is 1.38. The lowest BCUT2D eigenvalue weighted by Crippen LogP contribution is -2.18. The maximum atomic E-state index is 12.1. The number of hydrogen-bond donors (Lipinski definition) is 2. The van der Waals surface area contributed by atoms with Crippen LogP contribution in [0.1, 0.15) is 23.4 Å². The highest BCUT2D eigenvalue weighted by Crippen LogP contribution is 2.16. The van der Waals surface area contributed by atoms with Crippen molar-refractivity contribution in [1.82, 2.24) is 20.4 Å². The maximum absolute atomic E-state index is 12.1. The van der Waals surface area contributed by atoms with Crippen molar-refractivity contribution in [3.63, 3.8) is 0 Å². The van der Waals surface area contributed by atoms with Gasteiger partial charge in [-0.15, -0.1) is 0 Å². The molecular formula is C21H19N5O. The van der Waals surface area contributed by atoms with E-state index < -0.39 is 0 Å². The Morgan fingerprint density at radius 3 is 2.70 bits per heavy atom. The summed E-state index contributed by atoms with van der Waals surface area (Å²) >= 11 is 0. The minimum atomic E-state index is -0.152. The van der Waals surface area contributed by atoms with Crippen molar-refractivity contribution in [3.8, 4) is 0 Å². The number of aromatic nitrogens is 3. The van der Waals surface area contributed by atoms with Crippen LogP contribution in [0.5, 0.6) is 0 Å². The van der Waals surface area contributed by atoms with Crippen LogP contribution in [0, 0.1) is 6.92 Å². The molecule has 0 spiro atoms. The van der Waals surface area contributed by atoms with Gasteiger partial charge in [-0.3, -0.25) is 4.79 Å². The molecule has 0 bridgehead atoms. The molecule has 6 nitrogen and oxygen atoms in total. The maximum Gasteiger partial charge on any atom is 0.240 e. The Hall–Kier alpha value is -3.54. The fourth-order valence-electron chi connectivity index (χ4n) is 3.02. The molecule has 2 aromatic heterocycles. The van der Waals surface area contributed by atoms with Crippen LogP contribution in [0.4, 0.5) is 0 Å². The Morgan fingerprint density at radius 2 is 1.85 bits per heavy atom. The van der Waals surface area contributed by atoms with Gasteiger partial charge in [0.2, 0.25) is 5.91 Å². The predicted molar refractivity (Wildman–Crippen MR) is 107 cm³/mol. The first-order valence-corrected chi connectivity index (χ1v) is 8.81. The van der Waals surface area contributed by atoms with Crippen molar-refractivity contribution < 1.29 is 4.79 Å². The van der Waals surface area contributed by atoms with Crippen LogP contribution < -0.4 is 5.43 Å². The fourth-order valence-corrected chi connectivity index (χ4v) is 3.02. The molecule has 2 aromatic carbocycles. The van der Waals surface area contributed by atoms with E-state index in [2.05, 4.69) is 25.5 Å². The standard InChI is InChI=1S/C21H19N5O/c1-14-17(25-20-9-5-4-8-19(20)24-14)10-11-21(27)26-23-13-15-12-22-18-7-3-2-6-16(15)18/h2-9,12-13,22H,10-11H2,1H3,(H,26,27)/b23-13+. The van der Waals surface area contributed by atoms with Crippen molar-refractivity contribution >= 4 is 34.1 Å². The lowest BCUT2D eigenvalue weighted by molar-refractivity contribution is -0.121. The number of fused-ring (bicyclic) bond motifs is 2. The monoisotopic (exact) mass is 357 g/mol. The van der Waals surface area contributed by atoms with Gasteiger partial charge in [-0.25, -0.2) is 15.4 Å². The Bertz CT molecular complexity index is 1150. The van der Waals surface area contributed by atoms with Crippen molar-refractivity contribution in [2.45, 2.75) is 19.8 Å². The van der Waals surface area contributed by atoms with Gasteiger partial charge in [0.15, 0.2) is 0 Å². The van der Waals surface area contributed by atoms with Crippen LogP contribution in [0.25, 0.3) is 21.9 Å². The molecule has 0 aliphatic heterocycles. The van der Waals surface area contributed by atoms with E-state index >= 15 is 0 Å². The van der Waals surface area contributed by atoms with Crippen LogP contribution in [-0.4, -0.2) is 27.1 Å². The predicted octanol–water partition coefficient (Wildman–Crippen LogP) is 3.50. The number of nitrogens with one attached hydrogen (secondary N) is 2. The topological polar surface area (TPSA) is 83.0 Å². The number of para-hydroxylation sites is 3. The summed E-state index contributed by atoms with van der Waals surface area (Å²) in [6.07, 6.45) is 4.35. The number of aromatic amines is 1. The van der Waals surface area contributed by atoms with Crippen molar-refractivity contribution in [1.29, 1.82) is 0 Å². The first kappa shape index (κ1) is 16.9. The SMILES string of the molecule is Cc1nc2ccccc2nc1CCC(=O)N/N=C/c1c[nH]c2ccccc12. The van der Waals surface area contributed by atoms with Crippen LogP contribution >= 0.6 is 0 Å². The fraction of sp³-hybridized carbons (Fsp3) is 0.143. The Kier molecular flexibility index (Phi) is 4.61. The number of rotatable bonds is 5. The third-order valence-electron chi connectivity index (χ3n) is 4.45. The zero-order valence-corrected chi connectivity index (χ0v) is 14.9. The van der Waals surface area contributed by atoms with E-state index in [-0.39, 0.29) is 5.91 Å². The summed E-state index contributed by atoms with van der Waals surface area (Å²) in [5.74, 6) is -0.152. The number of hydrogen-bond acceptors (Lipinski definition) is 4. The third-order valence-corrected chi connectivity index (χ3v) is 4.45. The normalized spacial score (nSPS) is 11.4. The number of hydrazone groups is 1. The van der Waals surface area contributed by atoms with Gasteiger partial charge in [-0.1, -0.05) is 30.3 Å². The summed E-state index contributed by atoms with van der Waals surface area (Å²) < 4.78 is 0. The quantitative estimate of drug-likeness (QED) is 0.423. The van der Waals surface area contributed by atoms with E-state index in [1.165, 1.54) is 0 Å². The molecule has 0 saturated heterocycles. The van der Waals surface area contributed by atoms with Gasteiger partial charge in [0.05, 0.1) is 28.6 Å². The summed E-state index contributed by atoms with van der Waals surface area (Å²) in [6.45, 7) is 1.92. The highest BCUT2D eigenvalue weighted by atomic mass is 16.2. The molecule has 4 rings (SSSR count). The molecular weight excluding hydrogens is 338 g/mol. The number of carbonyl (C=O) groups excluding carboxylic acids is 1. The van der Waals surface area contributed by atoms with E-state index in [0.29, 0.717) is 12.8 Å². The molecule has 2 heterocycles. The highest BCUT2D eigenvalue weighted by molar-refractivity contribution is 5.99. The molecule has 0 atom stereocenters. The van der Waals surface area contributed by atoms with E-state index in [1.807, 2.05) is 61.7 Å². The zero-order valence-electron chi connectivity index (χ0n) is 14.9. The van der Waals surface area contributed by atoms with Gasteiger partial charge >= 0.3 is 0 Å². The van der Waals surface area contributed by atoms with Gasteiger partial charge in [0.25, 0.3) is 0 Å². The lowest BCUT2D eigenvalue weighted by atomic mass is 10.1. The van der Waals surface area contributed by atoms with Crippen LogP contribution in [-0.2, 0) is 11.2 Å². The van der Waals surface area contributed by atoms with Crippen LogP contribution in [0.2, 0.25) is 0 Å². The molecule has 2 N–H and O–H groups in total. The van der Waals surface area contributed by atoms with Crippen LogP contribution in [0.3, 0.4) is 0 Å². The summed E-state index contributed by atoms with van der Waals surface area (Å²) in [5, 5.41) is 5.14. The van der Waals surface area contributed by atoms with E-state index in [0.717, 1.165) is 38.9 Å². The minimum Gasteiger partial charge on any atom is -0.361 e. The molecule has 6 heteroatoms. The van der Waals surface area contributed by atoms with Crippen molar-refractivity contribution in [3.05, 3.63) is 71.7 Å². The Labute approximate surface area is 156 Å². The number of aryl methyl sites for hydroxylation is 2. The second-order valence-corrected chi connectivity index (χ2v) is 6.33. The second-order valence-electron chi connectivity index (χ2n) is 6.33. The Morgan fingerprint density at radius 1 is 1.11 bits per heavy atom.